The summed E-state index contributed by atoms with van der Waals surface area (Å²) in [5.41, 5.74) is 1.67. The minimum atomic E-state index is -1.88. The van der Waals surface area contributed by atoms with Crippen LogP contribution in [0.3, 0.4) is 0 Å². The van der Waals surface area contributed by atoms with E-state index in [9.17, 15) is 9.18 Å². The van der Waals surface area contributed by atoms with Crippen LogP contribution in [0.5, 0.6) is 5.06 Å². The van der Waals surface area contributed by atoms with Gasteiger partial charge in [-0.25, -0.2) is 4.39 Å². The van der Waals surface area contributed by atoms with Gasteiger partial charge in [-0.2, -0.15) is 0 Å². The van der Waals surface area contributed by atoms with Crippen molar-refractivity contribution in [2.75, 3.05) is 6.54 Å². The van der Waals surface area contributed by atoms with Crippen molar-refractivity contribution in [2.45, 2.75) is 64.8 Å². The summed E-state index contributed by atoms with van der Waals surface area (Å²) in [6.45, 7) is 14.1. The third-order valence-electron chi connectivity index (χ3n) is 5.99. The van der Waals surface area contributed by atoms with Crippen molar-refractivity contribution < 1.29 is 13.6 Å². The molecule has 28 heavy (non-hydrogen) atoms. The molecule has 6 heteroatoms. The zero-order chi connectivity index (χ0) is 20.7. The first-order valence-electron chi connectivity index (χ1n) is 9.79. The first kappa shape index (κ1) is 21.2. The maximum atomic E-state index is 14.4. The first-order chi connectivity index (χ1) is 13.0. The Bertz CT molecular complexity index is 872. The largest absolute Gasteiger partial charge is 0.537 e. The zero-order valence-corrected chi connectivity index (χ0v) is 19.5. The van der Waals surface area contributed by atoms with E-state index in [-0.39, 0.29) is 16.6 Å². The second-order valence-electron chi connectivity index (χ2n) is 9.13. The van der Waals surface area contributed by atoms with Crippen LogP contribution in [-0.4, -0.2) is 25.5 Å². The van der Waals surface area contributed by atoms with Crippen LogP contribution in [0.4, 0.5) is 4.39 Å². The molecule has 1 unspecified atom stereocenters. The van der Waals surface area contributed by atoms with Crippen molar-refractivity contribution in [3.8, 4) is 5.06 Å². The number of hydrogen-bond donors (Lipinski definition) is 0. The highest BCUT2D eigenvalue weighted by molar-refractivity contribution is 7.14. The summed E-state index contributed by atoms with van der Waals surface area (Å²) < 4.78 is 20.8. The molecule has 3 nitrogen and oxygen atoms in total. The van der Waals surface area contributed by atoms with Crippen LogP contribution in [0, 0.1) is 5.82 Å². The van der Waals surface area contributed by atoms with Gasteiger partial charge in [0, 0.05) is 23.5 Å². The Morgan fingerprint density at radius 3 is 2.57 bits per heavy atom. The van der Waals surface area contributed by atoms with Crippen LogP contribution in [0.1, 0.15) is 49.7 Å². The minimum absolute atomic E-state index is 0.0264. The second kappa shape index (κ2) is 7.73. The fourth-order valence-corrected chi connectivity index (χ4v) is 5.92. The predicted octanol–water partition coefficient (Wildman–Crippen LogP) is 5.96. The zero-order valence-electron chi connectivity index (χ0n) is 17.6. The van der Waals surface area contributed by atoms with Gasteiger partial charge in [-0.3, -0.25) is 9.69 Å². The lowest BCUT2D eigenvalue weighted by Crippen LogP contribution is -2.43. The average Bonchev–Trinajstić information content (AvgIpc) is 2.96. The summed E-state index contributed by atoms with van der Waals surface area (Å²) in [5, 5.41) is 1.12. The van der Waals surface area contributed by atoms with Crippen LogP contribution < -0.4 is 4.43 Å². The minimum Gasteiger partial charge on any atom is -0.537 e. The Labute approximate surface area is 172 Å². The van der Waals surface area contributed by atoms with E-state index in [1.54, 1.807) is 36.5 Å². The fourth-order valence-electron chi connectivity index (χ4n) is 3.37. The molecule has 0 fully saturated rings. The van der Waals surface area contributed by atoms with Crippen molar-refractivity contribution in [1.29, 1.82) is 0 Å². The number of halogens is 1. The molecule has 3 rings (SSSR count). The van der Waals surface area contributed by atoms with Crippen molar-refractivity contribution >= 4 is 25.4 Å². The number of carbonyl (C=O) groups excluding carboxylic acids is 1. The summed E-state index contributed by atoms with van der Waals surface area (Å²) in [4.78, 5) is 15.8. The standard InChI is InChI=1S/C22H30FNO2SSi/c1-15(25)21(17-9-7-8-10-18(17)23)24-12-11-19-16(14-24)13-20(27-19)26-28(5,6)22(2,3)4/h7-10,13,21H,11-12,14H2,1-6H3. The van der Waals surface area contributed by atoms with Crippen LogP contribution in [0.25, 0.3) is 0 Å². The lowest BCUT2D eigenvalue weighted by Gasteiger charge is -2.35. The highest BCUT2D eigenvalue weighted by Crippen LogP contribution is 2.42. The van der Waals surface area contributed by atoms with Crippen molar-refractivity contribution in [2.24, 2.45) is 0 Å². The first-order valence-corrected chi connectivity index (χ1v) is 13.5. The van der Waals surface area contributed by atoms with Gasteiger partial charge in [0.15, 0.2) is 10.8 Å². The molecule has 1 aromatic heterocycles. The maximum absolute atomic E-state index is 14.4. The van der Waals surface area contributed by atoms with Gasteiger partial charge in [-0.15, -0.1) is 11.3 Å². The summed E-state index contributed by atoms with van der Waals surface area (Å²) >= 11 is 1.73. The van der Waals surface area contributed by atoms with E-state index in [0.29, 0.717) is 12.1 Å². The normalized spacial score (nSPS) is 16.5. The SMILES string of the molecule is CC(=O)C(c1ccccc1F)N1CCc2sc(O[Si](C)(C)C(C)(C)C)cc2C1. The van der Waals surface area contributed by atoms with Crippen LogP contribution in [0.2, 0.25) is 18.1 Å². The van der Waals surface area contributed by atoms with E-state index >= 15 is 0 Å². The second-order valence-corrected chi connectivity index (χ2v) is 15.0. The smallest absolute Gasteiger partial charge is 0.251 e. The molecule has 1 aromatic carbocycles. The van der Waals surface area contributed by atoms with E-state index in [2.05, 4.69) is 44.8 Å². The topological polar surface area (TPSA) is 29.5 Å². The summed E-state index contributed by atoms with van der Waals surface area (Å²) in [6, 6.07) is 8.18. The molecule has 1 aliphatic heterocycles. The Morgan fingerprint density at radius 1 is 1.29 bits per heavy atom. The van der Waals surface area contributed by atoms with Crippen molar-refractivity contribution in [3.05, 3.63) is 52.2 Å². The average molecular weight is 420 g/mol. The van der Waals surface area contributed by atoms with Crippen molar-refractivity contribution in [1.82, 2.24) is 4.90 Å². The monoisotopic (exact) mass is 419 g/mol. The quantitative estimate of drug-likeness (QED) is 0.560. The van der Waals surface area contributed by atoms with E-state index in [4.69, 9.17) is 4.43 Å². The molecule has 0 spiro atoms. The number of benzene rings is 1. The van der Waals surface area contributed by atoms with E-state index in [1.807, 2.05) is 0 Å². The highest BCUT2D eigenvalue weighted by atomic mass is 32.1. The molecule has 0 aliphatic carbocycles. The lowest BCUT2D eigenvalue weighted by molar-refractivity contribution is -0.122. The van der Waals surface area contributed by atoms with Gasteiger partial charge in [0.25, 0.3) is 8.32 Å². The van der Waals surface area contributed by atoms with Gasteiger partial charge < -0.3 is 4.43 Å². The number of hydrogen-bond acceptors (Lipinski definition) is 4. The number of nitrogens with zero attached hydrogens (tertiary/aromatic N) is 1. The van der Waals surface area contributed by atoms with Crippen LogP contribution >= 0.6 is 11.3 Å². The molecule has 2 heterocycles. The molecular formula is C22H30FNO2SSi. The Kier molecular flexibility index (Phi) is 5.85. The molecular weight excluding hydrogens is 389 g/mol. The molecule has 0 N–H and O–H groups in total. The Balaban J connectivity index is 1.83. The third kappa shape index (κ3) is 4.24. The number of fused-ring (bicyclic) bond motifs is 1. The molecule has 2 aromatic rings. The Hall–Kier alpha value is -1.50. The number of Topliss-reactive ketones (excluding diaryl/α,β-unsaturated/α-hetero) is 1. The van der Waals surface area contributed by atoms with E-state index in [1.165, 1.54) is 16.5 Å². The number of carbonyl (C=O) groups is 1. The fraction of sp³-hybridized carbons (Fsp3) is 0.500. The number of rotatable bonds is 5. The van der Waals surface area contributed by atoms with Gasteiger partial charge in [0.2, 0.25) is 0 Å². The lowest BCUT2D eigenvalue weighted by atomic mass is 9.98. The van der Waals surface area contributed by atoms with Crippen LogP contribution in [0.15, 0.2) is 30.3 Å². The summed E-state index contributed by atoms with van der Waals surface area (Å²) in [5.74, 6) is -0.345. The van der Waals surface area contributed by atoms with Gasteiger partial charge >= 0.3 is 0 Å². The maximum Gasteiger partial charge on any atom is 0.251 e. The van der Waals surface area contributed by atoms with Crippen molar-refractivity contribution in [3.63, 3.8) is 0 Å². The summed E-state index contributed by atoms with van der Waals surface area (Å²) in [6.07, 6.45) is 0.860. The number of ketones is 1. The van der Waals surface area contributed by atoms with Gasteiger partial charge in [-0.1, -0.05) is 39.0 Å². The predicted molar refractivity (Wildman–Crippen MR) is 116 cm³/mol. The van der Waals surface area contributed by atoms with Gasteiger partial charge in [0.05, 0.1) is 6.04 Å². The van der Waals surface area contributed by atoms with Gasteiger partial charge in [0.1, 0.15) is 5.82 Å². The molecule has 152 valence electrons. The molecule has 0 radical (unpaired) electrons. The third-order valence-corrected chi connectivity index (χ3v) is 11.6. The van der Waals surface area contributed by atoms with E-state index < -0.39 is 14.4 Å². The molecule has 1 atom stereocenters. The summed E-state index contributed by atoms with van der Waals surface area (Å²) in [7, 11) is -1.88. The highest BCUT2D eigenvalue weighted by Gasteiger charge is 2.40. The molecule has 0 saturated heterocycles. The van der Waals surface area contributed by atoms with Crippen LogP contribution in [-0.2, 0) is 17.8 Å². The molecule has 0 saturated carbocycles. The Morgan fingerprint density at radius 2 is 1.96 bits per heavy atom. The molecule has 1 aliphatic rings. The van der Waals surface area contributed by atoms with E-state index in [0.717, 1.165) is 18.0 Å². The molecule has 0 amide bonds. The van der Waals surface area contributed by atoms with Gasteiger partial charge in [-0.05, 0) is 49.2 Å². The molecule has 0 bridgehead atoms. The number of thiophene rings is 1.